The van der Waals surface area contributed by atoms with Crippen LogP contribution < -0.4 is 10.6 Å². The van der Waals surface area contributed by atoms with E-state index in [1.165, 1.54) is 12.1 Å². The first-order chi connectivity index (χ1) is 10.9. The molecule has 1 heterocycles. The van der Waals surface area contributed by atoms with Crippen LogP contribution in [0.2, 0.25) is 0 Å². The van der Waals surface area contributed by atoms with Crippen LogP contribution in [-0.2, 0) is 18.5 Å². The van der Waals surface area contributed by atoms with Gasteiger partial charge in [-0.15, -0.1) is 11.3 Å². The molecule has 0 atom stereocenters. The lowest BCUT2D eigenvalue weighted by Crippen LogP contribution is -2.36. The lowest BCUT2D eigenvalue weighted by Gasteiger charge is -2.14. The topological polar surface area (TPSA) is 49.3 Å². The Labute approximate surface area is 140 Å². The molecule has 0 unspecified atom stereocenters. The molecule has 124 valence electrons. The summed E-state index contributed by atoms with van der Waals surface area (Å²) in [6.07, 6.45) is 0. The van der Waals surface area contributed by atoms with Gasteiger partial charge in [0.05, 0.1) is 12.2 Å². The third kappa shape index (κ3) is 5.32. The first-order valence-electron chi connectivity index (χ1n) is 7.52. The number of rotatable bonds is 4. The zero-order chi connectivity index (χ0) is 16.9. The molecule has 4 nitrogen and oxygen atoms in total. The van der Waals surface area contributed by atoms with Gasteiger partial charge in [-0.25, -0.2) is 9.37 Å². The highest BCUT2D eigenvalue weighted by Gasteiger charge is 2.17. The predicted molar refractivity (Wildman–Crippen MR) is 94.3 cm³/mol. The summed E-state index contributed by atoms with van der Waals surface area (Å²) < 4.78 is 12.9. The summed E-state index contributed by atoms with van der Waals surface area (Å²) in [5.74, 6) is 0.469. The van der Waals surface area contributed by atoms with Gasteiger partial charge in [-0.05, 0) is 17.7 Å². The van der Waals surface area contributed by atoms with E-state index in [2.05, 4.69) is 46.8 Å². The average Bonchev–Trinajstić information content (AvgIpc) is 2.98. The number of nitrogens with one attached hydrogen (secondary N) is 2. The normalized spacial score (nSPS) is 12.3. The van der Waals surface area contributed by atoms with Gasteiger partial charge in [0, 0.05) is 24.4 Å². The second-order valence-electron chi connectivity index (χ2n) is 6.28. The molecule has 0 aliphatic heterocycles. The van der Waals surface area contributed by atoms with Crippen molar-refractivity contribution in [3.63, 3.8) is 0 Å². The van der Waals surface area contributed by atoms with Crippen molar-refractivity contribution in [2.75, 3.05) is 7.05 Å². The fraction of sp³-hybridized carbons (Fsp3) is 0.412. The minimum atomic E-state index is -0.227. The first kappa shape index (κ1) is 17.4. The second kappa shape index (κ2) is 7.55. The quantitative estimate of drug-likeness (QED) is 0.665. The fourth-order valence-electron chi connectivity index (χ4n) is 1.90. The van der Waals surface area contributed by atoms with Crippen LogP contribution in [-0.4, -0.2) is 18.0 Å². The van der Waals surface area contributed by atoms with Crippen molar-refractivity contribution in [3.05, 3.63) is 51.7 Å². The van der Waals surface area contributed by atoms with Gasteiger partial charge < -0.3 is 10.6 Å². The SMILES string of the molecule is CN=C(NCc1ccc(F)cc1)NCc1nc(C(C)(C)C)cs1. The minimum Gasteiger partial charge on any atom is -0.352 e. The molecule has 0 spiro atoms. The summed E-state index contributed by atoms with van der Waals surface area (Å²) in [5, 5.41) is 9.58. The monoisotopic (exact) mass is 334 g/mol. The van der Waals surface area contributed by atoms with Crippen LogP contribution in [0.5, 0.6) is 0 Å². The fourth-order valence-corrected chi connectivity index (χ4v) is 2.87. The van der Waals surface area contributed by atoms with E-state index in [-0.39, 0.29) is 11.2 Å². The lowest BCUT2D eigenvalue weighted by atomic mass is 9.93. The third-order valence-electron chi connectivity index (χ3n) is 3.32. The Morgan fingerprint density at radius 1 is 1.17 bits per heavy atom. The molecule has 0 fully saturated rings. The largest absolute Gasteiger partial charge is 0.352 e. The van der Waals surface area contributed by atoms with Crippen LogP contribution in [0.4, 0.5) is 4.39 Å². The van der Waals surface area contributed by atoms with E-state index >= 15 is 0 Å². The van der Waals surface area contributed by atoms with Gasteiger partial charge >= 0.3 is 0 Å². The Kier molecular flexibility index (Phi) is 5.71. The van der Waals surface area contributed by atoms with Gasteiger partial charge in [0.1, 0.15) is 10.8 Å². The smallest absolute Gasteiger partial charge is 0.191 e. The predicted octanol–water partition coefficient (Wildman–Crippen LogP) is 3.44. The number of aromatic nitrogens is 1. The maximum Gasteiger partial charge on any atom is 0.191 e. The molecule has 0 aliphatic rings. The molecule has 0 aliphatic carbocycles. The molecule has 1 aromatic carbocycles. The average molecular weight is 334 g/mol. The standard InChI is InChI=1S/C17H23FN4S/c1-17(2,3)14-11-23-15(22-14)10-21-16(19-4)20-9-12-5-7-13(18)8-6-12/h5-8,11H,9-10H2,1-4H3,(H2,19,20,21). The number of nitrogens with zero attached hydrogens (tertiary/aromatic N) is 2. The van der Waals surface area contributed by atoms with E-state index in [0.717, 1.165) is 16.3 Å². The van der Waals surface area contributed by atoms with Crippen molar-refractivity contribution in [2.45, 2.75) is 39.3 Å². The van der Waals surface area contributed by atoms with E-state index in [1.54, 1.807) is 30.5 Å². The molecule has 23 heavy (non-hydrogen) atoms. The summed E-state index contributed by atoms with van der Waals surface area (Å²) in [5.41, 5.74) is 2.17. The first-order valence-corrected chi connectivity index (χ1v) is 8.40. The van der Waals surface area contributed by atoms with Gasteiger partial charge in [0.15, 0.2) is 5.96 Å². The zero-order valence-corrected chi connectivity index (χ0v) is 14.8. The van der Waals surface area contributed by atoms with Crippen LogP contribution in [0.3, 0.4) is 0 Å². The molecule has 2 rings (SSSR count). The van der Waals surface area contributed by atoms with Crippen molar-refractivity contribution in [3.8, 4) is 0 Å². The molecule has 1 aromatic heterocycles. The summed E-state index contributed by atoms with van der Waals surface area (Å²) in [7, 11) is 1.72. The summed E-state index contributed by atoms with van der Waals surface area (Å²) in [6, 6.07) is 6.42. The van der Waals surface area contributed by atoms with E-state index in [0.29, 0.717) is 19.0 Å². The van der Waals surface area contributed by atoms with Crippen LogP contribution in [0, 0.1) is 5.82 Å². The highest BCUT2D eigenvalue weighted by Crippen LogP contribution is 2.23. The van der Waals surface area contributed by atoms with E-state index in [4.69, 9.17) is 0 Å². The van der Waals surface area contributed by atoms with E-state index < -0.39 is 0 Å². The van der Waals surface area contributed by atoms with Crippen LogP contribution in [0.25, 0.3) is 0 Å². The molecular formula is C17H23FN4S. The summed E-state index contributed by atoms with van der Waals surface area (Å²) in [6.45, 7) is 7.68. The van der Waals surface area contributed by atoms with Gasteiger partial charge in [-0.3, -0.25) is 4.99 Å². The number of thiazole rings is 1. The highest BCUT2D eigenvalue weighted by molar-refractivity contribution is 7.09. The summed E-state index contributed by atoms with van der Waals surface area (Å²) >= 11 is 1.65. The molecule has 2 aromatic rings. The molecule has 0 saturated carbocycles. The number of hydrogen-bond acceptors (Lipinski definition) is 3. The minimum absolute atomic E-state index is 0.0667. The number of aliphatic imine (C=N–C) groups is 1. The zero-order valence-electron chi connectivity index (χ0n) is 14.0. The second-order valence-corrected chi connectivity index (χ2v) is 7.22. The Bertz CT molecular complexity index is 656. The van der Waals surface area contributed by atoms with Crippen molar-refractivity contribution in [2.24, 2.45) is 4.99 Å². The van der Waals surface area contributed by atoms with E-state index in [1.807, 2.05) is 0 Å². The van der Waals surface area contributed by atoms with Crippen molar-refractivity contribution in [1.82, 2.24) is 15.6 Å². The third-order valence-corrected chi connectivity index (χ3v) is 4.17. The van der Waals surface area contributed by atoms with Gasteiger partial charge in [-0.2, -0.15) is 0 Å². The van der Waals surface area contributed by atoms with Crippen molar-refractivity contribution >= 4 is 17.3 Å². The molecule has 0 radical (unpaired) electrons. The number of halogens is 1. The van der Waals surface area contributed by atoms with E-state index in [9.17, 15) is 4.39 Å². The Hall–Kier alpha value is -1.95. The van der Waals surface area contributed by atoms with Crippen LogP contribution >= 0.6 is 11.3 Å². The van der Waals surface area contributed by atoms with Gasteiger partial charge in [-0.1, -0.05) is 32.9 Å². The Morgan fingerprint density at radius 2 is 1.83 bits per heavy atom. The molecule has 0 bridgehead atoms. The maximum absolute atomic E-state index is 12.9. The molecule has 2 N–H and O–H groups in total. The van der Waals surface area contributed by atoms with Crippen molar-refractivity contribution in [1.29, 1.82) is 0 Å². The van der Waals surface area contributed by atoms with Crippen molar-refractivity contribution < 1.29 is 4.39 Å². The van der Waals surface area contributed by atoms with Crippen LogP contribution in [0.1, 0.15) is 37.0 Å². The Balaban J connectivity index is 1.85. The highest BCUT2D eigenvalue weighted by atomic mass is 32.1. The number of benzene rings is 1. The van der Waals surface area contributed by atoms with Crippen LogP contribution in [0.15, 0.2) is 34.6 Å². The Morgan fingerprint density at radius 3 is 2.39 bits per heavy atom. The summed E-state index contributed by atoms with van der Waals surface area (Å²) in [4.78, 5) is 8.84. The molecular weight excluding hydrogens is 311 g/mol. The van der Waals surface area contributed by atoms with Gasteiger partial charge in [0.25, 0.3) is 0 Å². The lowest BCUT2D eigenvalue weighted by molar-refractivity contribution is 0.570. The number of hydrogen-bond donors (Lipinski definition) is 2. The van der Waals surface area contributed by atoms with Gasteiger partial charge in [0.2, 0.25) is 0 Å². The molecule has 6 heteroatoms. The maximum atomic E-state index is 12.9. The number of guanidine groups is 1. The molecule has 0 amide bonds. The molecule has 0 saturated heterocycles.